The van der Waals surface area contributed by atoms with Gasteiger partial charge in [-0.15, -0.1) is 6.42 Å². The number of nitrogens with zero attached hydrogens (tertiary/aromatic N) is 3. The smallest absolute Gasteiger partial charge is 0.256 e. The maximum Gasteiger partial charge on any atom is 0.256 e. The highest BCUT2D eigenvalue weighted by Crippen LogP contribution is 2.19. The van der Waals surface area contributed by atoms with E-state index in [0.717, 1.165) is 0 Å². The van der Waals surface area contributed by atoms with E-state index in [1.54, 1.807) is 42.5 Å². The molecule has 0 atom stereocenters. The Morgan fingerprint density at radius 2 is 1.92 bits per heavy atom. The Kier molecular flexibility index (Phi) is 4.45. The van der Waals surface area contributed by atoms with Gasteiger partial charge >= 0.3 is 0 Å². The third-order valence-corrected chi connectivity index (χ3v) is 3.02. The maximum atomic E-state index is 12.3. The predicted molar refractivity (Wildman–Crippen MR) is 88.7 cm³/mol. The van der Waals surface area contributed by atoms with E-state index in [1.807, 2.05) is 0 Å². The van der Waals surface area contributed by atoms with E-state index in [1.165, 1.54) is 18.7 Å². The van der Waals surface area contributed by atoms with Crippen molar-refractivity contribution in [3.05, 3.63) is 72.3 Å². The molecular weight excluding hydrogens is 304 g/mol. The molecule has 1 amide bonds. The first-order chi connectivity index (χ1) is 11.7. The van der Waals surface area contributed by atoms with Crippen LogP contribution in [0.4, 0.5) is 5.82 Å². The molecule has 1 aromatic carbocycles. The van der Waals surface area contributed by atoms with Gasteiger partial charge in [0.25, 0.3) is 5.91 Å². The van der Waals surface area contributed by atoms with Gasteiger partial charge < -0.3 is 10.1 Å². The van der Waals surface area contributed by atoms with Gasteiger partial charge in [-0.2, -0.15) is 4.98 Å². The lowest BCUT2D eigenvalue weighted by Gasteiger charge is -2.07. The summed E-state index contributed by atoms with van der Waals surface area (Å²) in [5.74, 6) is 3.32. The molecule has 3 aromatic rings. The monoisotopic (exact) mass is 316 g/mol. The lowest BCUT2D eigenvalue weighted by molar-refractivity contribution is 0.102. The molecule has 0 spiro atoms. The van der Waals surface area contributed by atoms with Crippen molar-refractivity contribution >= 4 is 11.7 Å². The Balaban J connectivity index is 1.74. The molecule has 0 aliphatic carbocycles. The maximum absolute atomic E-state index is 12.3. The number of terminal acetylenes is 1. The molecule has 0 saturated carbocycles. The van der Waals surface area contributed by atoms with Crippen LogP contribution in [0.1, 0.15) is 15.9 Å². The van der Waals surface area contributed by atoms with Crippen molar-refractivity contribution in [2.75, 3.05) is 5.32 Å². The predicted octanol–water partition coefficient (Wildman–Crippen LogP) is 2.90. The molecule has 24 heavy (non-hydrogen) atoms. The Morgan fingerprint density at radius 1 is 1.12 bits per heavy atom. The summed E-state index contributed by atoms with van der Waals surface area (Å²) in [4.78, 5) is 24.2. The number of pyridine rings is 1. The topological polar surface area (TPSA) is 77.0 Å². The number of benzene rings is 1. The molecule has 1 N–H and O–H groups in total. The van der Waals surface area contributed by atoms with Crippen LogP contribution in [-0.4, -0.2) is 20.9 Å². The summed E-state index contributed by atoms with van der Waals surface area (Å²) in [6, 6.07) is 11.9. The zero-order chi connectivity index (χ0) is 16.8. The van der Waals surface area contributed by atoms with Crippen molar-refractivity contribution in [1.82, 2.24) is 15.0 Å². The fourth-order valence-electron chi connectivity index (χ4n) is 1.94. The van der Waals surface area contributed by atoms with Crippen molar-refractivity contribution in [2.24, 2.45) is 0 Å². The molecule has 2 aromatic heterocycles. The van der Waals surface area contributed by atoms with Crippen LogP contribution < -0.4 is 10.1 Å². The lowest BCUT2D eigenvalue weighted by atomic mass is 10.1. The Labute approximate surface area is 138 Å². The van der Waals surface area contributed by atoms with Crippen molar-refractivity contribution in [3.63, 3.8) is 0 Å². The Morgan fingerprint density at radius 3 is 2.71 bits per heavy atom. The summed E-state index contributed by atoms with van der Waals surface area (Å²) in [5.41, 5.74) is 1.09. The molecular formula is C18H12N4O2. The molecule has 0 aliphatic heterocycles. The van der Waals surface area contributed by atoms with E-state index in [-0.39, 0.29) is 5.91 Å². The van der Waals surface area contributed by atoms with Gasteiger partial charge in [0.1, 0.15) is 12.1 Å². The fourth-order valence-corrected chi connectivity index (χ4v) is 1.94. The first-order valence-electron chi connectivity index (χ1n) is 7.02. The average molecular weight is 316 g/mol. The van der Waals surface area contributed by atoms with Crippen LogP contribution in [0.25, 0.3) is 0 Å². The number of carbonyl (C=O) groups excluding carboxylic acids is 1. The van der Waals surface area contributed by atoms with Gasteiger partial charge in [-0.3, -0.25) is 4.79 Å². The molecule has 0 saturated heterocycles. The van der Waals surface area contributed by atoms with Crippen molar-refractivity contribution in [2.45, 2.75) is 0 Å². The number of anilines is 1. The second-order valence-electron chi connectivity index (χ2n) is 4.72. The molecule has 0 radical (unpaired) electrons. The number of nitrogens with one attached hydrogen (secondary N) is 1. The number of aromatic nitrogens is 3. The minimum Gasteiger partial charge on any atom is -0.436 e. The summed E-state index contributed by atoms with van der Waals surface area (Å²) >= 11 is 0. The van der Waals surface area contributed by atoms with Crippen LogP contribution in [0.2, 0.25) is 0 Å². The molecule has 0 fully saturated rings. The molecule has 0 bridgehead atoms. The molecule has 6 nitrogen and oxygen atoms in total. The van der Waals surface area contributed by atoms with Crippen LogP contribution >= 0.6 is 0 Å². The molecule has 6 heteroatoms. The minimum absolute atomic E-state index is 0.306. The van der Waals surface area contributed by atoms with E-state index in [4.69, 9.17) is 11.2 Å². The summed E-state index contributed by atoms with van der Waals surface area (Å²) in [7, 11) is 0. The van der Waals surface area contributed by atoms with Crippen molar-refractivity contribution in [3.8, 4) is 24.0 Å². The SMILES string of the molecule is C#Cc1cccc(C(=O)Nc2cccc(Oc3cncnc3)n2)c1. The number of hydrogen-bond donors (Lipinski definition) is 1. The number of amides is 1. The molecule has 116 valence electrons. The highest BCUT2D eigenvalue weighted by molar-refractivity contribution is 6.04. The van der Waals surface area contributed by atoms with E-state index < -0.39 is 0 Å². The van der Waals surface area contributed by atoms with E-state index in [9.17, 15) is 4.79 Å². The minimum atomic E-state index is -0.306. The van der Waals surface area contributed by atoms with Gasteiger partial charge in [0.15, 0.2) is 5.75 Å². The second-order valence-corrected chi connectivity index (χ2v) is 4.72. The van der Waals surface area contributed by atoms with Gasteiger partial charge in [0, 0.05) is 17.2 Å². The summed E-state index contributed by atoms with van der Waals surface area (Å²) in [6.07, 6.45) is 9.79. The first kappa shape index (κ1) is 15.2. The van der Waals surface area contributed by atoms with Crippen LogP contribution in [0.5, 0.6) is 11.6 Å². The van der Waals surface area contributed by atoms with Crippen LogP contribution in [0.3, 0.4) is 0 Å². The Bertz CT molecular complexity index is 904. The number of carbonyl (C=O) groups is 1. The summed E-state index contributed by atoms with van der Waals surface area (Å²) in [6.45, 7) is 0. The fraction of sp³-hybridized carbons (Fsp3) is 0. The Hall–Kier alpha value is -3.72. The molecule has 3 rings (SSSR count). The zero-order valence-electron chi connectivity index (χ0n) is 12.5. The van der Waals surface area contributed by atoms with Crippen LogP contribution in [0.15, 0.2) is 61.2 Å². The van der Waals surface area contributed by atoms with Gasteiger partial charge in [-0.05, 0) is 24.3 Å². The number of hydrogen-bond acceptors (Lipinski definition) is 5. The first-order valence-corrected chi connectivity index (χ1v) is 7.02. The highest BCUT2D eigenvalue weighted by atomic mass is 16.5. The largest absolute Gasteiger partial charge is 0.436 e. The lowest BCUT2D eigenvalue weighted by Crippen LogP contribution is -2.13. The second kappa shape index (κ2) is 7.03. The zero-order valence-corrected chi connectivity index (χ0v) is 12.5. The van der Waals surface area contributed by atoms with E-state index in [0.29, 0.717) is 28.6 Å². The normalized spacial score (nSPS) is 9.79. The van der Waals surface area contributed by atoms with E-state index >= 15 is 0 Å². The van der Waals surface area contributed by atoms with Crippen molar-refractivity contribution in [1.29, 1.82) is 0 Å². The van der Waals surface area contributed by atoms with Crippen molar-refractivity contribution < 1.29 is 9.53 Å². The molecule has 0 unspecified atom stereocenters. The van der Waals surface area contributed by atoms with Crippen LogP contribution in [-0.2, 0) is 0 Å². The standard InChI is InChI=1S/C18H12N4O2/c1-2-13-5-3-6-14(9-13)18(23)22-16-7-4-8-17(21-16)24-15-10-19-12-20-11-15/h1,3-12H,(H,21,22,23). The van der Waals surface area contributed by atoms with E-state index in [2.05, 4.69) is 26.2 Å². The third kappa shape index (κ3) is 3.72. The molecule has 0 aliphatic rings. The third-order valence-electron chi connectivity index (χ3n) is 3.02. The van der Waals surface area contributed by atoms with Gasteiger partial charge in [-0.1, -0.05) is 18.1 Å². The summed E-state index contributed by atoms with van der Waals surface area (Å²) < 4.78 is 5.53. The van der Waals surface area contributed by atoms with Gasteiger partial charge in [0.2, 0.25) is 5.88 Å². The quantitative estimate of drug-likeness (QED) is 0.749. The molecule has 2 heterocycles. The highest BCUT2D eigenvalue weighted by Gasteiger charge is 2.08. The van der Waals surface area contributed by atoms with Gasteiger partial charge in [0.05, 0.1) is 12.4 Å². The average Bonchev–Trinajstić information content (AvgIpc) is 2.63. The van der Waals surface area contributed by atoms with Gasteiger partial charge in [-0.25, -0.2) is 9.97 Å². The van der Waals surface area contributed by atoms with Crippen LogP contribution in [0, 0.1) is 12.3 Å². The summed E-state index contributed by atoms with van der Waals surface area (Å²) in [5, 5.41) is 2.71. The number of rotatable bonds is 4. The number of ether oxygens (including phenoxy) is 1.